The number of thiocarbonyl (C=S) groups is 1. The average Bonchev–Trinajstić information content (AvgIpc) is 2.68. The van der Waals surface area contributed by atoms with Crippen molar-refractivity contribution in [2.45, 2.75) is 38.5 Å². The first kappa shape index (κ1) is 14.0. The number of hydrogen-bond donors (Lipinski definition) is 2. The molecule has 2 rings (SSSR count). The molecule has 0 bridgehead atoms. The number of hydrogen-bond acceptors (Lipinski definition) is 2. The highest BCUT2D eigenvalue weighted by atomic mass is 32.1. The lowest BCUT2D eigenvalue weighted by Crippen LogP contribution is -2.22. The zero-order valence-corrected chi connectivity index (χ0v) is 11.8. The molecule has 1 aliphatic carbocycles. The van der Waals surface area contributed by atoms with E-state index in [1.54, 1.807) is 0 Å². The van der Waals surface area contributed by atoms with Crippen LogP contribution in [0.15, 0.2) is 24.3 Å². The van der Waals surface area contributed by atoms with Crippen LogP contribution >= 0.6 is 12.2 Å². The Bertz CT molecular complexity index is 465. The summed E-state index contributed by atoms with van der Waals surface area (Å²) in [4.78, 5) is 12.6. The zero-order valence-electron chi connectivity index (χ0n) is 11.0. The predicted molar refractivity (Wildman–Crippen MR) is 82.2 cm³/mol. The topological polar surface area (TPSA) is 55.1 Å². The second kappa shape index (κ2) is 6.66. The maximum absolute atomic E-state index is 12.2. The normalized spacial score (nSPS) is 16.6. The van der Waals surface area contributed by atoms with Gasteiger partial charge in [-0.1, -0.05) is 50.0 Å². The van der Waals surface area contributed by atoms with Gasteiger partial charge in [0.15, 0.2) is 0 Å². The maximum Gasteiger partial charge on any atom is 0.227 e. The Kier molecular flexibility index (Phi) is 4.91. The van der Waals surface area contributed by atoms with Crippen LogP contribution in [0.1, 0.15) is 44.1 Å². The maximum atomic E-state index is 12.2. The van der Waals surface area contributed by atoms with E-state index in [0.29, 0.717) is 4.99 Å². The van der Waals surface area contributed by atoms with Gasteiger partial charge in [-0.05, 0) is 25.0 Å². The third kappa shape index (κ3) is 4.03. The highest BCUT2D eigenvalue weighted by Crippen LogP contribution is 2.24. The van der Waals surface area contributed by atoms with Crippen LogP contribution in [-0.4, -0.2) is 10.9 Å². The van der Waals surface area contributed by atoms with Crippen LogP contribution in [0.2, 0.25) is 0 Å². The van der Waals surface area contributed by atoms with Gasteiger partial charge in [-0.15, -0.1) is 0 Å². The Hall–Kier alpha value is -1.42. The molecule has 0 aliphatic heterocycles. The van der Waals surface area contributed by atoms with Crippen LogP contribution in [0.5, 0.6) is 0 Å². The Morgan fingerprint density at radius 3 is 2.53 bits per heavy atom. The lowest BCUT2D eigenvalue weighted by atomic mass is 9.99. The summed E-state index contributed by atoms with van der Waals surface area (Å²) < 4.78 is 0. The number of nitrogens with two attached hydrogens (primary N) is 1. The van der Waals surface area contributed by atoms with Crippen molar-refractivity contribution in [2.75, 3.05) is 5.32 Å². The Balaban J connectivity index is 2.01. The van der Waals surface area contributed by atoms with E-state index in [-0.39, 0.29) is 11.8 Å². The molecule has 1 saturated carbocycles. The van der Waals surface area contributed by atoms with Crippen LogP contribution in [-0.2, 0) is 4.79 Å². The highest BCUT2D eigenvalue weighted by Gasteiger charge is 2.20. The summed E-state index contributed by atoms with van der Waals surface area (Å²) in [5, 5.41) is 2.98. The summed E-state index contributed by atoms with van der Waals surface area (Å²) in [6.45, 7) is 0. The second-order valence-corrected chi connectivity index (χ2v) is 5.56. The van der Waals surface area contributed by atoms with Crippen LogP contribution in [0.25, 0.3) is 0 Å². The average molecular weight is 276 g/mol. The molecule has 1 aromatic rings. The van der Waals surface area contributed by atoms with Crippen molar-refractivity contribution >= 4 is 28.8 Å². The summed E-state index contributed by atoms with van der Waals surface area (Å²) in [6, 6.07) is 7.41. The molecular weight excluding hydrogens is 256 g/mol. The van der Waals surface area contributed by atoms with Crippen LogP contribution in [0, 0.1) is 5.92 Å². The third-order valence-electron chi connectivity index (χ3n) is 3.64. The fourth-order valence-corrected chi connectivity index (χ4v) is 2.66. The minimum absolute atomic E-state index is 0.127. The first-order chi connectivity index (χ1) is 9.16. The molecule has 0 unspecified atom stereocenters. The summed E-state index contributed by atoms with van der Waals surface area (Å²) >= 11 is 4.94. The number of carbonyl (C=O) groups excluding carboxylic acids is 1. The first-order valence-electron chi connectivity index (χ1n) is 6.87. The van der Waals surface area contributed by atoms with Gasteiger partial charge < -0.3 is 11.1 Å². The van der Waals surface area contributed by atoms with Crippen molar-refractivity contribution in [3.63, 3.8) is 0 Å². The van der Waals surface area contributed by atoms with Gasteiger partial charge in [-0.25, -0.2) is 0 Å². The molecule has 1 aromatic carbocycles. The van der Waals surface area contributed by atoms with E-state index < -0.39 is 0 Å². The number of rotatable bonds is 3. The Labute approximate surface area is 119 Å². The molecule has 0 spiro atoms. The van der Waals surface area contributed by atoms with Crippen molar-refractivity contribution in [3.05, 3.63) is 29.8 Å². The summed E-state index contributed by atoms with van der Waals surface area (Å²) in [5.74, 6) is 0.276. The second-order valence-electron chi connectivity index (χ2n) is 5.12. The van der Waals surface area contributed by atoms with E-state index in [4.69, 9.17) is 18.0 Å². The van der Waals surface area contributed by atoms with Gasteiger partial charge in [-0.2, -0.15) is 0 Å². The number of nitrogens with one attached hydrogen (secondary N) is 1. The van der Waals surface area contributed by atoms with Gasteiger partial charge in [0.25, 0.3) is 0 Å². The zero-order chi connectivity index (χ0) is 13.7. The molecule has 0 saturated heterocycles. The Morgan fingerprint density at radius 1 is 1.21 bits per heavy atom. The van der Waals surface area contributed by atoms with Crippen LogP contribution in [0.4, 0.5) is 5.69 Å². The van der Waals surface area contributed by atoms with Gasteiger partial charge in [0, 0.05) is 17.2 Å². The molecule has 19 heavy (non-hydrogen) atoms. The molecule has 4 heteroatoms. The number of amides is 1. The minimum Gasteiger partial charge on any atom is -0.389 e. The minimum atomic E-state index is 0.127. The van der Waals surface area contributed by atoms with E-state index in [0.717, 1.165) is 36.9 Å². The van der Waals surface area contributed by atoms with E-state index >= 15 is 0 Å². The lowest BCUT2D eigenvalue weighted by molar-refractivity contribution is -0.120. The van der Waals surface area contributed by atoms with Crippen molar-refractivity contribution in [2.24, 2.45) is 11.7 Å². The van der Waals surface area contributed by atoms with E-state index in [9.17, 15) is 4.79 Å². The molecular formula is C15H20N2OS. The standard InChI is InChI=1S/C15H20N2OS/c16-14(19)12-8-5-9-13(10-12)17-15(18)11-6-3-1-2-4-7-11/h5,8-11H,1-4,6-7H2,(H2,16,19)(H,17,18). The fourth-order valence-electron chi connectivity index (χ4n) is 2.54. The molecule has 0 heterocycles. The van der Waals surface area contributed by atoms with Crippen molar-refractivity contribution in [1.29, 1.82) is 0 Å². The van der Waals surface area contributed by atoms with Crippen molar-refractivity contribution in [1.82, 2.24) is 0 Å². The van der Waals surface area contributed by atoms with Gasteiger partial charge in [-0.3, -0.25) is 4.79 Å². The smallest absolute Gasteiger partial charge is 0.227 e. The quantitative estimate of drug-likeness (QED) is 0.658. The van der Waals surface area contributed by atoms with Crippen LogP contribution < -0.4 is 11.1 Å². The number of carbonyl (C=O) groups is 1. The van der Waals surface area contributed by atoms with Gasteiger partial charge >= 0.3 is 0 Å². The molecule has 3 N–H and O–H groups in total. The number of benzene rings is 1. The fraction of sp³-hybridized carbons (Fsp3) is 0.467. The van der Waals surface area contributed by atoms with Crippen LogP contribution in [0.3, 0.4) is 0 Å². The van der Waals surface area contributed by atoms with Crippen molar-refractivity contribution in [3.8, 4) is 0 Å². The molecule has 1 fully saturated rings. The largest absolute Gasteiger partial charge is 0.389 e. The molecule has 0 atom stereocenters. The molecule has 1 amide bonds. The number of anilines is 1. The Morgan fingerprint density at radius 2 is 1.89 bits per heavy atom. The van der Waals surface area contributed by atoms with Gasteiger partial charge in [0.1, 0.15) is 4.99 Å². The molecule has 102 valence electrons. The van der Waals surface area contributed by atoms with Crippen molar-refractivity contribution < 1.29 is 4.79 Å². The van der Waals surface area contributed by atoms with E-state index in [1.807, 2.05) is 24.3 Å². The molecule has 0 aromatic heterocycles. The molecule has 0 radical (unpaired) electrons. The SMILES string of the molecule is NC(=S)c1cccc(NC(=O)C2CCCCCC2)c1. The van der Waals surface area contributed by atoms with E-state index in [1.165, 1.54) is 12.8 Å². The highest BCUT2D eigenvalue weighted by molar-refractivity contribution is 7.80. The summed E-state index contributed by atoms with van der Waals surface area (Å²) in [5.41, 5.74) is 7.16. The van der Waals surface area contributed by atoms with Gasteiger partial charge in [0.05, 0.1) is 0 Å². The third-order valence-corrected chi connectivity index (χ3v) is 3.88. The first-order valence-corrected chi connectivity index (χ1v) is 7.28. The molecule has 1 aliphatic rings. The lowest BCUT2D eigenvalue weighted by Gasteiger charge is -2.14. The summed E-state index contributed by atoms with van der Waals surface area (Å²) in [7, 11) is 0. The van der Waals surface area contributed by atoms with E-state index in [2.05, 4.69) is 5.32 Å². The molecule has 3 nitrogen and oxygen atoms in total. The predicted octanol–water partition coefficient (Wildman–Crippen LogP) is 3.23. The van der Waals surface area contributed by atoms with Gasteiger partial charge in [0.2, 0.25) is 5.91 Å². The summed E-state index contributed by atoms with van der Waals surface area (Å²) in [6.07, 6.45) is 6.82. The monoisotopic (exact) mass is 276 g/mol.